The van der Waals surface area contributed by atoms with Crippen LogP contribution in [0.1, 0.15) is 25.7 Å². The highest BCUT2D eigenvalue weighted by Crippen LogP contribution is 2.36. The smallest absolute Gasteiger partial charge is 0.272 e. The van der Waals surface area contributed by atoms with Gasteiger partial charge in [-0.2, -0.15) is 0 Å². The fraction of sp³-hybridized carbons (Fsp3) is 0.727. The van der Waals surface area contributed by atoms with Gasteiger partial charge in [0.2, 0.25) is 0 Å². The Bertz CT molecular complexity index is 311. The maximum Gasteiger partial charge on any atom is 0.272 e. The second-order valence-electron chi connectivity index (χ2n) is 4.67. The second-order valence-corrected chi connectivity index (χ2v) is 6.95. The SMILES string of the molecule is O=C(NC1CC2C=CCC(C2)C1)C(Cl)(Cl)Cl. The zero-order chi connectivity index (χ0) is 11.8. The van der Waals surface area contributed by atoms with Crippen molar-refractivity contribution in [3.05, 3.63) is 12.2 Å². The molecule has 5 heteroatoms. The Morgan fingerprint density at radius 3 is 2.62 bits per heavy atom. The Balaban J connectivity index is 1.92. The number of carbonyl (C=O) groups excluding carboxylic acids is 1. The van der Waals surface area contributed by atoms with E-state index >= 15 is 0 Å². The Morgan fingerprint density at radius 1 is 1.25 bits per heavy atom. The van der Waals surface area contributed by atoms with E-state index in [2.05, 4.69) is 17.5 Å². The standard InChI is InChI=1S/C11H14Cl3NO/c12-11(13,14)10(16)15-9-5-7-2-1-3-8(4-7)6-9/h1-2,7-9H,3-6H2,(H,15,16). The molecule has 2 aliphatic rings. The summed E-state index contributed by atoms with van der Waals surface area (Å²) in [5, 5.41) is 2.82. The molecular formula is C11H14Cl3NO. The molecule has 0 saturated heterocycles. The lowest BCUT2D eigenvalue weighted by atomic mass is 9.74. The van der Waals surface area contributed by atoms with Gasteiger partial charge in [-0.15, -0.1) is 0 Å². The van der Waals surface area contributed by atoms with Gasteiger partial charge in [0.05, 0.1) is 0 Å². The van der Waals surface area contributed by atoms with E-state index < -0.39 is 9.70 Å². The molecule has 2 nitrogen and oxygen atoms in total. The molecule has 0 heterocycles. The van der Waals surface area contributed by atoms with Crippen molar-refractivity contribution in [1.82, 2.24) is 5.32 Å². The van der Waals surface area contributed by atoms with Crippen LogP contribution >= 0.6 is 34.8 Å². The topological polar surface area (TPSA) is 29.1 Å². The maximum atomic E-state index is 11.5. The highest BCUT2D eigenvalue weighted by Gasteiger charge is 2.35. The first-order valence-corrected chi connectivity index (χ1v) is 6.63. The predicted octanol–water partition coefficient (Wildman–Crippen LogP) is 3.22. The van der Waals surface area contributed by atoms with Crippen molar-refractivity contribution in [3.63, 3.8) is 0 Å². The quantitative estimate of drug-likeness (QED) is 0.581. The second kappa shape index (κ2) is 4.75. The van der Waals surface area contributed by atoms with Gasteiger partial charge in [0, 0.05) is 6.04 Å². The zero-order valence-electron chi connectivity index (χ0n) is 8.76. The van der Waals surface area contributed by atoms with Gasteiger partial charge in [-0.3, -0.25) is 4.79 Å². The summed E-state index contributed by atoms with van der Waals surface area (Å²) in [6.45, 7) is 0. The lowest BCUT2D eigenvalue weighted by Gasteiger charge is -2.36. The minimum atomic E-state index is -1.84. The summed E-state index contributed by atoms with van der Waals surface area (Å²) in [6.07, 6.45) is 8.77. The summed E-state index contributed by atoms with van der Waals surface area (Å²) < 4.78 is -1.84. The van der Waals surface area contributed by atoms with Crippen molar-refractivity contribution < 1.29 is 4.79 Å². The molecule has 0 radical (unpaired) electrons. The molecule has 1 saturated carbocycles. The highest BCUT2D eigenvalue weighted by molar-refractivity contribution is 6.76. The highest BCUT2D eigenvalue weighted by atomic mass is 35.6. The average Bonchev–Trinajstić information content (AvgIpc) is 2.15. The van der Waals surface area contributed by atoms with Crippen LogP contribution in [0.3, 0.4) is 0 Å². The van der Waals surface area contributed by atoms with Crippen molar-refractivity contribution >= 4 is 40.7 Å². The van der Waals surface area contributed by atoms with Crippen molar-refractivity contribution in [2.45, 2.75) is 35.5 Å². The van der Waals surface area contributed by atoms with Crippen molar-refractivity contribution in [3.8, 4) is 0 Å². The van der Waals surface area contributed by atoms with E-state index in [1.807, 2.05) is 0 Å². The van der Waals surface area contributed by atoms with Crippen LogP contribution in [0.25, 0.3) is 0 Å². The average molecular weight is 283 g/mol. The molecule has 2 bridgehead atoms. The number of halogens is 3. The first kappa shape index (κ1) is 12.5. The molecule has 1 fully saturated rings. The minimum absolute atomic E-state index is 0.150. The molecule has 1 amide bonds. The van der Waals surface area contributed by atoms with E-state index in [1.165, 1.54) is 6.42 Å². The molecule has 1 N–H and O–H groups in total. The van der Waals surface area contributed by atoms with Crippen LogP contribution in [0.5, 0.6) is 0 Å². The maximum absolute atomic E-state index is 11.5. The summed E-state index contributed by atoms with van der Waals surface area (Å²) in [7, 11) is 0. The van der Waals surface area contributed by atoms with Gasteiger partial charge in [0.15, 0.2) is 0 Å². The minimum Gasteiger partial charge on any atom is -0.350 e. The van der Waals surface area contributed by atoms with E-state index in [4.69, 9.17) is 34.8 Å². The summed E-state index contributed by atoms with van der Waals surface area (Å²) >= 11 is 16.6. The third-order valence-electron chi connectivity index (χ3n) is 3.31. The van der Waals surface area contributed by atoms with Crippen LogP contribution < -0.4 is 5.32 Å². The fourth-order valence-electron chi connectivity index (χ4n) is 2.68. The van der Waals surface area contributed by atoms with Crippen LogP contribution in [0.15, 0.2) is 12.2 Å². The zero-order valence-corrected chi connectivity index (χ0v) is 11.0. The van der Waals surface area contributed by atoms with Gasteiger partial charge in [-0.05, 0) is 37.5 Å². The van der Waals surface area contributed by atoms with Gasteiger partial charge in [0.25, 0.3) is 9.70 Å². The number of rotatable bonds is 1. The normalized spacial score (nSPS) is 33.6. The number of fused-ring (bicyclic) bond motifs is 2. The summed E-state index contributed by atoms with van der Waals surface area (Å²) in [5.74, 6) is 0.740. The largest absolute Gasteiger partial charge is 0.350 e. The van der Waals surface area contributed by atoms with Crippen molar-refractivity contribution in [2.24, 2.45) is 11.8 Å². The van der Waals surface area contributed by atoms with Crippen LogP contribution in [-0.2, 0) is 4.79 Å². The Labute approximate surface area is 110 Å². The first-order valence-electron chi connectivity index (χ1n) is 5.49. The number of carbonyl (C=O) groups is 1. The van der Waals surface area contributed by atoms with Gasteiger partial charge >= 0.3 is 0 Å². The molecule has 90 valence electrons. The van der Waals surface area contributed by atoms with E-state index in [0.29, 0.717) is 11.8 Å². The summed E-state index contributed by atoms with van der Waals surface area (Å²) in [6, 6.07) is 0.150. The third kappa shape index (κ3) is 3.06. The number of nitrogens with one attached hydrogen (secondary N) is 1. The number of hydrogen-bond acceptors (Lipinski definition) is 1. The molecule has 3 atom stereocenters. The number of allylic oxidation sites excluding steroid dienone is 2. The number of alkyl halides is 3. The number of amides is 1. The molecule has 0 aromatic carbocycles. The molecule has 3 unspecified atom stereocenters. The first-order chi connectivity index (χ1) is 7.45. The molecule has 2 aliphatic carbocycles. The Hall–Kier alpha value is 0.0800. The molecule has 0 aromatic heterocycles. The molecule has 0 aliphatic heterocycles. The Kier molecular flexibility index (Phi) is 3.72. The summed E-state index contributed by atoms with van der Waals surface area (Å²) in [5.41, 5.74) is 0. The van der Waals surface area contributed by atoms with Crippen molar-refractivity contribution in [2.75, 3.05) is 0 Å². The molecular weight excluding hydrogens is 268 g/mol. The van der Waals surface area contributed by atoms with Crippen LogP contribution in [0.2, 0.25) is 0 Å². The van der Waals surface area contributed by atoms with E-state index in [9.17, 15) is 4.79 Å². The molecule has 0 spiro atoms. The lowest BCUT2D eigenvalue weighted by Crippen LogP contribution is -2.45. The van der Waals surface area contributed by atoms with Gasteiger partial charge in [0.1, 0.15) is 0 Å². The predicted molar refractivity (Wildman–Crippen MR) is 66.8 cm³/mol. The monoisotopic (exact) mass is 281 g/mol. The van der Waals surface area contributed by atoms with Crippen molar-refractivity contribution in [1.29, 1.82) is 0 Å². The van der Waals surface area contributed by atoms with Crippen LogP contribution in [0.4, 0.5) is 0 Å². The van der Waals surface area contributed by atoms with E-state index in [0.717, 1.165) is 19.3 Å². The third-order valence-corrected chi connectivity index (χ3v) is 3.83. The van der Waals surface area contributed by atoms with Crippen LogP contribution in [0, 0.1) is 11.8 Å². The van der Waals surface area contributed by atoms with Gasteiger partial charge < -0.3 is 5.32 Å². The molecule has 16 heavy (non-hydrogen) atoms. The Morgan fingerprint density at radius 2 is 2.00 bits per heavy atom. The fourth-order valence-corrected chi connectivity index (χ4v) is 2.85. The lowest BCUT2D eigenvalue weighted by molar-refractivity contribution is -0.121. The van der Waals surface area contributed by atoms with E-state index in [1.54, 1.807) is 0 Å². The molecule has 0 aromatic rings. The van der Waals surface area contributed by atoms with Gasteiger partial charge in [-0.25, -0.2) is 0 Å². The van der Waals surface area contributed by atoms with Gasteiger partial charge in [-0.1, -0.05) is 47.0 Å². The summed E-state index contributed by atoms with van der Waals surface area (Å²) in [4.78, 5) is 11.5. The number of hydrogen-bond donors (Lipinski definition) is 1. The van der Waals surface area contributed by atoms with E-state index in [-0.39, 0.29) is 6.04 Å². The van der Waals surface area contributed by atoms with Crippen LogP contribution in [-0.4, -0.2) is 15.7 Å². The molecule has 2 rings (SSSR count).